The van der Waals surface area contributed by atoms with Crippen LogP contribution in [0, 0.1) is 11.8 Å². The van der Waals surface area contributed by atoms with Crippen molar-refractivity contribution in [2.45, 2.75) is 94.8 Å². The molecule has 10 nitrogen and oxygen atoms in total. The summed E-state index contributed by atoms with van der Waals surface area (Å²) in [6.07, 6.45) is 13.5. The smallest absolute Gasteiger partial charge is 0.360 e. The van der Waals surface area contributed by atoms with Gasteiger partial charge in [0.2, 0.25) is 5.71 Å². The van der Waals surface area contributed by atoms with Crippen LogP contribution in [0.15, 0.2) is 34.2 Å². The van der Waals surface area contributed by atoms with Crippen LogP contribution in [0.1, 0.15) is 82.4 Å². The monoisotopic (exact) mass is 535 g/mol. The Bertz CT molecular complexity index is 1330. The van der Waals surface area contributed by atoms with Gasteiger partial charge in [-0.1, -0.05) is 43.0 Å². The van der Waals surface area contributed by atoms with Gasteiger partial charge in [-0.15, -0.1) is 0 Å². The summed E-state index contributed by atoms with van der Waals surface area (Å²) in [5.41, 5.74) is 4.86. The molecule has 1 amide bonds. The van der Waals surface area contributed by atoms with E-state index in [9.17, 15) is 19.5 Å². The highest BCUT2D eigenvalue weighted by Crippen LogP contribution is 2.47. The van der Waals surface area contributed by atoms with E-state index < -0.39 is 29.8 Å². The van der Waals surface area contributed by atoms with E-state index in [1.54, 1.807) is 10.6 Å². The van der Waals surface area contributed by atoms with Crippen LogP contribution in [0.25, 0.3) is 11.0 Å². The minimum Gasteiger partial charge on any atom is -0.476 e. The van der Waals surface area contributed by atoms with Gasteiger partial charge in [-0.05, 0) is 68.9 Å². The van der Waals surface area contributed by atoms with E-state index in [0.29, 0.717) is 29.2 Å². The maximum atomic E-state index is 13.9. The molecule has 3 heterocycles. The summed E-state index contributed by atoms with van der Waals surface area (Å²) in [5, 5.41) is 13.4. The molecule has 2 saturated carbocycles. The first kappa shape index (κ1) is 26.0. The quantitative estimate of drug-likeness (QED) is 0.410. The molecule has 208 valence electrons. The fourth-order valence-corrected chi connectivity index (χ4v) is 8.12. The van der Waals surface area contributed by atoms with Gasteiger partial charge < -0.3 is 20.2 Å². The fourth-order valence-electron chi connectivity index (χ4n) is 8.12. The number of oxime groups is 1. The Hall–Kier alpha value is -3.27. The maximum absolute atomic E-state index is 13.9. The highest BCUT2D eigenvalue weighted by atomic mass is 16.6. The predicted molar refractivity (Wildman–Crippen MR) is 145 cm³/mol. The number of aliphatic carboxylic acids is 1. The summed E-state index contributed by atoms with van der Waals surface area (Å²) in [6, 6.07) is 8.74. The third-order valence-electron chi connectivity index (χ3n) is 9.49. The van der Waals surface area contributed by atoms with Gasteiger partial charge in [0.1, 0.15) is 0 Å². The molecule has 10 heteroatoms. The number of hydrogen-bond donors (Lipinski definition) is 2. The van der Waals surface area contributed by atoms with Crippen molar-refractivity contribution in [2.24, 2.45) is 22.7 Å². The number of benzene rings is 1. The van der Waals surface area contributed by atoms with Crippen molar-refractivity contribution in [2.75, 3.05) is 6.61 Å². The Morgan fingerprint density at radius 3 is 2.26 bits per heavy atom. The molecule has 0 unspecified atom stereocenters. The number of carboxylic acids is 1. The number of fused-ring (bicyclic) bond motifs is 5. The number of nitrogens with two attached hydrogens (primary N) is 1. The molecule has 0 radical (unpaired) electrons. The second-order valence-electron chi connectivity index (χ2n) is 11.9. The van der Waals surface area contributed by atoms with Crippen molar-refractivity contribution >= 4 is 28.6 Å². The van der Waals surface area contributed by atoms with Crippen molar-refractivity contribution in [1.82, 2.24) is 14.5 Å². The average molecular weight is 536 g/mol. The Morgan fingerprint density at radius 1 is 0.949 bits per heavy atom. The van der Waals surface area contributed by atoms with E-state index >= 15 is 0 Å². The van der Waals surface area contributed by atoms with Crippen LogP contribution in [-0.2, 0) is 14.4 Å². The molecule has 4 aliphatic rings. The Balaban J connectivity index is 1.33. The lowest BCUT2D eigenvalue weighted by atomic mass is 9.76. The molecule has 39 heavy (non-hydrogen) atoms. The number of hydrogen-bond acceptors (Lipinski definition) is 7. The highest BCUT2D eigenvalue weighted by Gasteiger charge is 2.47. The van der Waals surface area contributed by atoms with Crippen LogP contribution < -0.4 is 11.3 Å². The van der Waals surface area contributed by atoms with Gasteiger partial charge in [-0.2, -0.15) is 0 Å². The van der Waals surface area contributed by atoms with E-state index in [0.717, 1.165) is 37.5 Å². The third-order valence-corrected chi connectivity index (χ3v) is 9.49. The highest BCUT2D eigenvalue weighted by molar-refractivity contribution is 6.41. The maximum Gasteiger partial charge on any atom is 0.360 e. The molecule has 2 aliphatic heterocycles. The number of carbonyl (C=O) groups excluding carboxylic acids is 1. The van der Waals surface area contributed by atoms with E-state index in [-0.39, 0.29) is 11.7 Å². The van der Waals surface area contributed by atoms with Crippen LogP contribution >= 0.6 is 0 Å². The van der Waals surface area contributed by atoms with Crippen molar-refractivity contribution in [3.63, 3.8) is 0 Å². The topological polar surface area (TPSA) is 140 Å². The Labute approximate surface area is 227 Å². The second-order valence-corrected chi connectivity index (χ2v) is 11.9. The lowest BCUT2D eigenvalue weighted by molar-refractivity contribution is -0.130. The summed E-state index contributed by atoms with van der Waals surface area (Å²) in [7, 11) is 0. The first-order valence-corrected chi connectivity index (χ1v) is 14.4. The zero-order chi connectivity index (χ0) is 27.1. The molecule has 2 saturated heterocycles. The number of carbonyl (C=O) groups is 2. The van der Waals surface area contributed by atoms with Crippen molar-refractivity contribution in [3.8, 4) is 0 Å². The number of carboxylic acid groups (broad SMARTS) is 1. The molecule has 6 atom stereocenters. The van der Waals surface area contributed by atoms with Gasteiger partial charge in [0.25, 0.3) is 11.5 Å². The molecule has 2 aromatic rings. The van der Waals surface area contributed by atoms with Crippen molar-refractivity contribution in [1.29, 1.82) is 0 Å². The Morgan fingerprint density at radius 2 is 1.62 bits per heavy atom. The molecule has 0 spiro atoms. The molecule has 4 fully saturated rings. The minimum absolute atomic E-state index is 0.0645. The van der Waals surface area contributed by atoms with E-state index in [1.165, 1.54) is 44.9 Å². The van der Waals surface area contributed by atoms with Gasteiger partial charge in [0.15, 0.2) is 12.3 Å². The summed E-state index contributed by atoms with van der Waals surface area (Å²) >= 11 is 0. The fraction of sp³-hybridized carbons (Fsp3) is 0.621. The summed E-state index contributed by atoms with van der Waals surface area (Å²) < 4.78 is 1.74. The largest absolute Gasteiger partial charge is 0.476 e. The standard InChI is InChI=1S/C29H37N5O5/c30-25(35)16-39-32-27(29(37)38)26-28(36)34(24-8-4-3-7-23(24)31-26)22-14-19-9-10-20(15-22)33(19)21-12-17-5-1-2-6-18(11-17)13-21/h3-4,7-8,17-22H,1-2,5-6,9-16H2,(H2,30,35)(H,37,38)/b32-27-/t17-,18+,19-,20+,21-,22+. The summed E-state index contributed by atoms with van der Waals surface area (Å²) in [5.74, 6) is -0.548. The first-order chi connectivity index (χ1) is 18.9. The number of nitrogens with zero attached hydrogens (tertiary/aromatic N) is 4. The number of rotatable bonds is 7. The number of aromatic nitrogens is 2. The van der Waals surface area contributed by atoms with Gasteiger partial charge in [-0.25, -0.2) is 9.78 Å². The van der Waals surface area contributed by atoms with E-state index in [4.69, 9.17) is 10.6 Å². The molecule has 6 rings (SSSR count). The number of para-hydroxylation sites is 2. The van der Waals surface area contributed by atoms with Crippen molar-refractivity contribution in [3.05, 3.63) is 40.3 Å². The van der Waals surface area contributed by atoms with Gasteiger partial charge in [0, 0.05) is 24.2 Å². The lowest BCUT2D eigenvalue weighted by Crippen LogP contribution is -2.52. The Kier molecular flexibility index (Phi) is 7.14. The van der Waals surface area contributed by atoms with E-state index in [1.807, 2.05) is 18.2 Å². The molecule has 4 bridgehead atoms. The molecule has 2 aliphatic carbocycles. The molecule has 1 aromatic heterocycles. The number of piperidine rings is 1. The number of primary amides is 1. The van der Waals surface area contributed by atoms with E-state index in [2.05, 4.69) is 15.0 Å². The minimum atomic E-state index is -1.46. The van der Waals surface area contributed by atoms with Crippen molar-refractivity contribution < 1.29 is 19.5 Å². The third kappa shape index (κ3) is 5.06. The predicted octanol–water partition coefficient (Wildman–Crippen LogP) is 3.21. The summed E-state index contributed by atoms with van der Waals surface area (Å²) in [6.45, 7) is -0.594. The molecule has 3 N–H and O–H groups in total. The van der Waals surface area contributed by atoms with Gasteiger partial charge in [0.05, 0.1) is 11.0 Å². The zero-order valence-corrected chi connectivity index (χ0v) is 22.2. The van der Waals surface area contributed by atoms with Gasteiger partial charge in [-0.3, -0.25) is 14.5 Å². The lowest BCUT2D eigenvalue weighted by Gasteiger charge is -2.48. The summed E-state index contributed by atoms with van der Waals surface area (Å²) in [4.78, 5) is 49.1. The SMILES string of the molecule is NC(=O)CO/N=C(\C(=O)O)c1nc2ccccc2n([C@H]2C[C@H]3CC[C@@H](C2)N3[C@@H]2C[C@@H]3CCCC[C@@H](C3)C2)c1=O. The van der Waals surface area contributed by atoms with Crippen LogP contribution in [0.2, 0.25) is 0 Å². The number of amides is 1. The normalized spacial score (nSPS) is 31.1. The second kappa shape index (κ2) is 10.7. The molecular weight excluding hydrogens is 498 g/mol. The average Bonchev–Trinajstić information content (AvgIpc) is 3.06. The first-order valence-electron chi connectivity index (χ1n) is 14.4. The van der Waals surface area contributed by atoms with Crippen LogP contribution in [0.3, 0.4) is 0 Å². The molecular formula is C29H37N5O5. The van der Waals surface area contributed by atoms with Gasteiger partial charge >= 0.3 is 5.97 Å². The van der Waals surface area contributed by atoms with Crippen LogP contribution in [0.5, 0.6) is 0 Å². The van der Waals surface area contributed by atoms with Crippen LogP contribution in [0.4, 0.5) is 0 Å². The zero-order valence-electron chi connectivity index (χ0n) is 22.2. The molecule has 1 aromatic carbocycles. The van der Waals surface area contributed by atoms with Crippen LogP contribution in [-0.4, -0.2) is 61.9 Å².